The molecule has 1 saturated heterocycles. The lowest BCUT2D eigenvalue weighted by molar-refractivity contribution is 0.0383. The van der Waals surface area contributed by atoms with Crippen molar-refractivity contribution in [3.8, 4) is 0 Å². The van der Waals surface area contributed by atoms with Gasteiger partial charge >= 0.3 is 0 Å². The van der Waals surface area contributed by atoms with Crippen LogP contribution >= 0.6 is 0 Å². The first-order valence-electron chi connectivity index (χ1n) is 9.04. The fourth-order valence-corrected chi connectivity index (χ4v) is 2.85. The molecule has 0 radical (unpaired) electrons. The van der Waals surface area contributed by atoms with Gasteiger partial charge in [-0.15, -0.1) is 0 Å². The Bertz CT molecular complexity index is 803. The molecule has 0 spiro atoms. The average Bonchev–Trinajstić information content (AvgIpc) is 2.70. The molecule has 2 heterocycles. The third-order valence-corrected chi connectivity index (χ3v) is 4.47. The first-order valence-corrected chi connectivity index (χ1v) is 9.04. The van der Waals surface area contributed by atoms with E-state index >= 15 is 0 Å². The summed E-state index contributed by atoms with van der Waals surface area (Å²) in [6, 6.07) is 9.09. The van der Waals surface area contributed by atoms with Crippen LogP contribution in [0.15, 0.2) is 42.7 Å². The number of para-hydroxylation sites is 1. The average molecular weight is 368 g/mol. The number of anilines is 1. The Morgan fingerprint density at radius 1 is 1.11 bits per heavy atom. The van der Waals surface area contributed by atoms with Gasteiger partial charge in [0.1, 0.15) is 0 Å². The van der Waals surface area contributed by atoms with Gasteiger partial charge in [0.25, 0.3) is 11.8 Å². The molecule has 0 atom stereocenters. The smallest absolute Gasteiger partial charge is 0.257 e. The molecule has 2 aromatic rings. The molecule has 7 heteroatoms. The molecular formula is C20H24N4O3. The summed E-state index contributed by atoms with van der Waals surface area (Å²) in [5, 5.41) is 5.73. The van der Waals surface area contributed by atoms with Crippen LogP contribution < -0.4 is 10.6 Å². The predicted octanol–water partition coefficient (Wildman–Crippen LogP) is 1.70. The number of carbonyl (C=O) groups is 2. The number of hydrogen-bond donors (Lipinski definition) is 2. The van der Waals surface area contributed by atoms with E-state index in [1.807, 2.05) is 31.2 Å². The summed E-state index contributed by atoms with van der Waals surface area (Å²) in [5.41, 5.74) is 2.42. The van der Waals surface area contributed by atoms with Gasteiger partial charge in [0.2, 0.25) is 0 Å². The first-order chi connectivity index (χ1) is 13.1. The lowest BCUT2D eigenvalue weighted by Gasteiger charge is -2.26. The third-order valence-electron chi connectivity index (χ3n) is 4.47. The molecule has 3 rings (SSSR count). The molecule has 1 aliphatic heterocycles. The minimum absolute atomic E-state index is 0.235. The zero-order valence-electron chi connectivity index (χ0n) is 15.4. The third kappa shape index (κ3) is 5.35. The van der Waals surface area contributed by atoms with Crippen LogP contribution in [0.4, 0.5) is 5.69 Å². The maximum atomic E-state index is 12.5. The van der Waals surface area contributed by atoms with E-state index in [1.54, 1.807) is 6.07 Å². The van der Waals surface area contributed by atoms with Crippen molar-refractivity contribution >= 4 is 17.5 Å². The number of nitrogens with zero attached hydrogens (tertiary/aromatic N) is 2. The predicted molar refractivity (Wildman–Crippen MR) is 103 cm³/mol. The van der Waals surface area contributed by atoms with Gasteiger partial charge in [-0.3, -0.25) is 19.5 Å². The Morgan fingerprint density at radius 3 is 2.56 bits per heavy atom. The number of rotatable bonds is 6. The topological polar surface area (TPSA) is 83.6 Å². The second-order valence-electron chi connectivity index (χ2n) is 6.44. The van der Waals surface area contributed by atoms with Gasteiger partial charge in [-0.2, -0.15) is 0 Å². The van der Waals surface area contributed by atoms with Gasteiger partial charge in [-0.25, -0.2) is 0 Å². The van der Waals surface area contributed by atoms with E-state index in [0.717, 1.165) is 44.1 Å². The van der Waals surface area contributed by atoms with E-state index in [2.05, 4.69) is 20.5 Å². The van der Waals surface area contributed by atoms with Crippen LogP contribution in [0.3, 0.4) is 0 Å². The SMILES string of the molecule is Cc1ccccc1NC(=O)c1cncc(C(=O)NCCN2CCOCC2)c1. The van der Waals surface area contributed by atoms with Crippen LogP contribution in [-0.4, -0.2) is 61.1 Å². The van der Waals surface area contributed by atoms with Gasteiger partial charge in [-0.1, -0.05) is 18.2 Å². The molecule has 1 fully saturated rings. The molecule has 0 saturated carbocycles. The van der Waals surface area contributed by atoms with Crippen molar-refractivity contribution in [2.24, 2.45) is 0 Å². The number of nitrogens with one attached hydrogen (secondary N) is 2. The van der Waals surface area contributed by atoms with Crippen LogP contribution in [0.25, 0.3) is 0 Å². The van der Waals surface area contributed by atoms with Crippen molar-refractivity contribution in [3.63, 3.8) is 0 Å². The second-order valence-corrected chi connectivity index (χ2v) is 6.44. The molecule has 2 N–H and O–H groups in total. The van der Waals surface area contributed by atoms with Gasteiger partial charge in [0.05, 0.1) is 24.3 Å². The van der Waals surface area contributed by atoms with Gasteiger partial charge < -0.3 is 15.4 Å². The van der Waals surface area contributed by atoms with Crippen molar-refractivity contribution in [1.29, 1.82) is 0 Å². The highest BCUT2D eigenvalue weighted by Crippen LogP contribution is 2.15. The summed E-state index contributed by atoms with van der Waals surface area (Å²) >= 11 is 0. The Kier molecular flexibility index (Phi) is 6.51. The van der Waals surface area contributed by atoms with Crippen LogP contribution in [0, 0.1) is 6.92 Å². The number of amides is 2. The highest BCUT2D eigenvalue weighted by molar-refractivity contribution is 6.06. The number of hydrogen-bond acceptors (Lipinski definition) is 5. The van der Waals surface area contributed by atoms with Crippen molar-refractivity contribution in [1.82, 2.24) is 15.2 Å². The van der Waals surface area contributed by atoms with Gasteiger partial charge in [0, 0.05) is 44.3 Å². The minimum Gasteiger partial charge on any atom is -0.379 e. The zero-order chi connectivity index (χ0) is 19.1. The van der Waals surface area contributed by atoms with Crippen LogP contribution in [-0.2, 0) is 4.74 Å². The molecule has 0 bridgehead atoms. The molecule has 0 aliphatic carbocycles. The number of carbonyl (C=O) groups excluding carboxylic acids is 2. The number of aryl methyl sites for hydroxylation is 1. The maximum absolute atomic E-state index is 12.5. The second kappa shape index (κ2) is 9.25. The zero-order valence-corrected chi connectivity index (χ0v) is 15.4. The Balaban J connectivity index is 1.56. The molecule has 27 heavy (non-hydrogen) atoms. The fraction of sp³-hybridized carbons (Fsp3) is 0.350. The highest BCUT2D eigenvalue weighted by atomic mass is 16.5. The normalized spacial score (nSPS) is 14.6. The van der Waals surface area contributed by atoms with E-state index in [-0.39, 0.29) is 11.8 Å². The van der Waals surface area contributed by atoms with Crippen molar-refractivity contribution < 1.29 is 14.3 Å². The van der Waals surface area contributed by atoms with E-state index in [9.17, 15) is 9.59 Å². The summed E-state index contributed by atoms with van der Waals surface area (Å²) in [7, 11) is 0. The van der Waals surface area contributed by atoms with Crippen LogP contribution in [0.5, 0.6) is 0 Å². The Hall–Kier alpha value is -2.77. The monoisotopic (exact) mass is 368 g/mol. The first kappa shape index (κ1) is 19.0. The van der Waals surface area contributed by atoms with Crippen LogP contribution in [0.1, 0.15) is 26.3 Å². The van der Waals surface area contributed by atoms with E-state index in [0.29, 0.717) is 17.7 Å². The number of aromatic nitrogens is 1. The fourth-order valence-electron chi connectivity index (χ4n) is 2.85. The highest BCUT2D eigenvalue weighted by Gasteiger charge is 2.14. The molecular weight excluding hydrogens is 344 g/mol. The van der Waals surface area contributed by atoms with Crippen molar-refractivity contribution in [2.75, 3.05) is 44.7 Å². The summed E-state index contributed by atoms with van der Waals surface area (Å²) < 4.78 is 5.31. The quantitative estimate of drug-likeness (QED) is 0.811. The Morgan fingerprint density at radius 2 is 1.81 bits per heavy atom. The minimum atomic E-state index is -0.292. The van der Waals surface area contributed by atoms with E-state index in [4.69, 9.17) is 4.74 Å². The molecule has 1 aliphatic rings. The number of ether oxygens (including phenoxy) is 1. The van der Waals surface area contributed by atoms with E-state index < -0.39 is 0 Å². The van der Waals surface area contributed by atoms with Crippen molar-refractivity contribution in [2.45, 2.75) is 6.92 Å². The Labute approximate surface area is 158 Å². The summed E-state index contributed by atoms with van der Waals surface area (Å²) in [4.78, 5) is 31.1. The largest absolute Gasteiger partial charge is 0.379 e. The van der Waals surface area contributed by atoms with Gasteiger partial charge in [-0.05, 0) is 24.6 Å². The van der Waals surface area contributed by atoms with Crippen LogP contribution in [0.2, 0.25) is 0 Å². The summed E-state index contributed by atoms with van der Waals surface area (Å²) in [6.07, 6.45) is 2.92. The lowest BCUT2D eigenvalue weighted by Crippen LogP contribution is -2.41. The van der Waals surface area contributed by atoms with Crippen molar-refractivity contribution in [3.05, 3.63) is 59.4 Å². The standard InChI is InChI=1S/C20H24N4O3/c1-15-4-2-3-5-18(15)23-20(26)17-12-16(13-21-14-17)19(25)22-6-7-24-8-10-27-11-9-24/h2-5,12-14H,6-11H2,1H3,(H,22,25)(H,23,26). The molecule has 7 nitrogen and oxygen atoms in total. The maximum Gasteiger partial charge on any atom is 0.257 e. The van der Waals surface area contributed by atoms with Gasteiger partial charge in [0.15, 0.2) is 0 Å². The van der Waals surface area contributed by atoms with E-state index in [1.165, 1.54) is 12.4 Å². The summed E-state index contributed by atoms with van der Waals surface area (Å²) in [5.74, 6) is -0.527. The molecule has 0 unspecified atom stereocenters. The number of pyridine rings is 1. The molecule has 2 amide bonds. The molecule has 142 valence electrons. The molecule has 1 aromatic heterocycles. The number of morpholine rings is 1. The molecule has 1 aromatic carbocycles. The lowest BCUT2D eigenvalue weighted by atomic mass is 10.1. The number of benzene rings is 1. The summed E-state index contributed by atoms with van der Waals surface area (Å²) in [6.45, 7) is 6.46.